The molecule has 7 nitrogen and oxygen atoms in total. The van der Waals surface area contributed by atoms with Crippen LogP contribution in [0.15, 0.2) is 53.6 Å². The second-order valence-electron chi connectivity index (χ2n) is 6.33. The molecule has 0 spiro atoms. The van der Waals surface area contributed by atoms with Crippen LogP contribution in [0.1, 0.15) is 16.1 Å². The van der Waals surface area contributed by atoms with Crippen LogP contribution in [0.4, 0.5) is 8.78 Å². The molecule has 29 heavy (non-hydrogen) atoms. The Hall–Kier alpha value is -4.01. The SMILES string of the molecule is O=C(O)c1c(-c2ccc[nH]c2=O)c2cc(O)cnc2n1Cc1ccc(F)cc1F. The Morgan fingerprint density at radius 2 is 2.00 bits per heavy atom. The Morgan fingerprint density at radius 3 is 2.69 bits per heavy atom. The van der Waals surface area contributed by atoms with Crippen LogP contribution in [0.5, 0.6) is 5.75 Å². The van der Waals surface area contributed by atoms with E-state index in [9.17, 15) is 28.6 Å². The second-order valence-corrected chi connectivity index (χ2v) is 6.33. The second kappa shape index (κ2) is 6.86. The number of aromatic amines is 1. The summed E-state index contributed by atoms with van der Waals surface area (Å²) in [6.07, 6.45) is 2.51. The number of carboxylic acids is 1. The van der Waals surface area contributed by atoms with Gasteiger partial charge in [-0.15, -0.1) is 0 Å². The minimum atomic E-state index is -1.37. The number of aromatic nitrogens is 3. The van der Waals surface area contributed by atoms with Crippen LogP contribution in [0.2, 0.25) is 0 Å². The number of carbonyl (C=O) groups is 1. The van der Waals surface area contributed by atoms with E-state index in [1.807, 2.05) is 0 Å². The molecule has 4 rings (SSSR count). The zero-order valence-electron chi connectivity index (χ0n) is 14.7. The van der Waals surface area contributed by atoms with Crippen molar-refractivity contribution in [3.05, 3.63) is 82.0 Å². The Labute approximate surface area is 161 Å². The molecule has 0 aliphatic rings. The molecule has 9 heteroatoms. The van der Waals surface area contributed by atoms with Gasteiger partial charge in [-0.3, -0.25) is 4.79 Å². The van der Waals surface area contributed by atoms with E-state index in [0.717, 1.165) is 12.3 Å². The van der Waals surface area contributed by atoms with Crippen LogP contribution in [0.3, 0.4) is 0 Å². The lowest BCUT2D eigenvalue weighted by Gasteiger charge is -2.10. The minimum Gasteiger partial charge on any atom is -0.506 e. The third-order valence-electron chi connectivity index (χ3n) is 4.52. The zero-order chi connectivity index (χ0) is 20.7. The predicted molar refractivity (Wildman–Crippen MR) is 99.9 cm³/mol. The number of benzene rings is 1. The number of pyridine rings is 2. The molecule has 0 radical (unpaired) electrons. The van der Waals surface area contributed by atoms with Crippen molar-refractivity contribution in [1.82, 2.24) is 14.5 Å². The van der Waals surface area contributed by atoms with Crippen molar-refractivity contribution in [2.45, 2.75) is 6.54 Å². The lowest BCUT2D eigenvalue weighted by atomic mass is 10.0. The molecule has 3 N–H and O–H groups in total. The van der Waals surface area contributed by atoms with Gasteiger partial charge in [0.2, 0.25) is 0 Å². The third kappa shape index (κ3) is 3.12. The summed E-state index contributed by atoms with van der Waals surface area (Å²) in [7, 11) is 0. The first-order chi connectivity index (χ1) is 13.9. The number of fused-ring (bicyclic) bond motifs is 1. The van der Waals surface area contributed by atoms with E-state index >= 15 is 0 Å². The van der Waals surface area contributed by atoms with Crippen molar-refractivity contribution in [3.63, 3.8) is 0 Å². The van der Waals surface area contributed by atoms with Gasteiger partial charge in [-0.2, -0.15) is 0 Å². The van der Waals surface area contributed by atoms with E-state index in [1.54, 1.807) is 0 Å². The van der Waals surface area contributed by atoms with Gasteiger partial charge in [-0.05, 0) is 24.3 Å². The van der Waals surface area contributed by atoms with Crippen molar-refractivity contribution in [2.75, 3.05) is 0 Å². The first kappa shape index (κ1) is 18.4. The zero-order valence-corrected chi connectivity index (χ0v) is 14.7. The summed E-state index contributed by atoms with van der Waals surface area (Å²) < 4.78 is 28.7. The number of halogens is 2. The maximum Gasteiger partial charge on any atom is 0.353 e. The molecule has 0 fully saturated rings. The first-order valence-electron chi connectivity index (χ1n) is 8.43. The highest BCUT2D eigenvalue weighted by Crippen LogP contribution is 2.35. The summed E-state index contributed by atoms with van der Waals surface area (Å²) in [5, 5.41) is 20.0. The highest BCUT2D eigenvalue weighted by Gasteiger charge is 2.26. The molecule has 0 aliphatic carbocycles. The molecule has 1 aromatic carbocycles. The normalized spacial score (nSPS) is 11.1. The number of hydrogen-bond donors (Lipinski definition) is 3. The standard InChI is InChI=1S/C20H13F2N3O4/c21-11-4-3-10(15(22)6-11)9-25-17(20(28)29)16(13-2-1-5-23-19(13)27)14-7-12(26)8-24-18(14)25/h1-8,26H,9H2,(H,23,27)(H,28,29). The van der Waals surface area contributed by atoms with Crippen molar-refractivity contribution >= 4 is 17.0 Å². The molecule has 0 aliphatic heterocycles. The van der Waals surface area contributed by atoms with Gasteiger partial charge >= 0.3 is 5.97 Å². The van der Waals surface area contributed by atoms with E-state index in [2.05, 4.69) is 9.97 Å². The number of nitrogens with zero attached hydrogens (tertiary/aromatic N) is 2. The fraction of sp³-hybridized carbons (Fsp3) is 0.0500. The summed E-state index contributed by atoms with van der Waals surface area (Å²) in [4.78, 5) is 31.0. The van der Waals surface area contributed by atoms with E-state index in [-0.39, 0.29) is 45.7 Å². The quantitative estimate of drug-likeness (QED) is 0.490. The van der Waals surface area contributed by atoms with Crippen LogP contribution in [0, 0.1) is 11.6 Å². The van der Waals surface area contributed by atoms with Crippen LogP contribution in [-0.2, 0) is 6.54 Å². The van der Waals surface area contributed by atoms with Gasteiger partial charge in [-0.25, -0.2) is 18.6 Å². The summed E-state index contributed by atoms with van der Waals surface area (Å²) in [6, 6.07) is 7.22. The molecule has 3 heterocycles. The molecule has 0 unspecified atom stereocenters. The summed E-state index contributed by atoms with van der Waals surface area (Å²) in [5.41, 5.74) is -0.582. The molecule has 0 bridgehead atoms. The van der Waals surface area contributed by atoms with Crippen molar-refractivity contribution in [1.29, 1.82) is 0 Å². The Kier molecular flexibility index (Phi) is 4.34. The van der Waals surface area contributed by atoms with E-state index in [4.69, 9.17) is 0 Å². The number of aromatic hydroxyl groups is 1. The van der Waals surface area contributed by atoms with Gasteiger partial charge in [0.25, 0.3) is 5.56 Å². The molecule has 0 amide bonds. The smallest absolute Gasteiger partial charge is 0.353 e. The van der Waals surface area contributed by atoms with Crippen LogP contribution < -0.4 is 5.56 Å². The Bertz CT molecular complexity index is 1330. The Morgan fingerprint density at radius 1 is 1.21 bits per heavy atom. The number of aromatic carboxylic acids is 1. The molecule has 0 saturated carbocycles. The van der Waals surface area contributed by atoms with Gasteiger partial charge in [0, 0.05) is 28.8 Å². The largest absolute Gasteiger partial charge is 0.506 e. The average molecular weight is 397 g/mol. The summed E-state index contributed by atoms with van der Waals surface area (Å²) in [6.45, 7) is -0.271. The van der Waals surface area contributed by atoms with Crippen molar-refractivity contribution in [3.8, 4) is 16.9 Å². The number of hydrogen-bond acceptors (Lipinski definition) is 4. The molecular weight excluding hydrogens is 384 g/mol. The van der Waals surface area contributed by atoms with Crippen molar-refractivity contribution in [2.24, 2.45) is 0 Å². The maximum atomic E-state index is 14.2. The molecule has 4 aromatic rings. The van der Waals surface area contributed by atoms with Crippen molar-refractivity contribution < 1.29 is 23.8 Å². The first-order valence-corrected chi connectivity index (χ1v) is 8.43. The number of H-pyrrole nitrogens is 1. The van der Waals surface area contributed by atoms with E-state index in [1.165, 1.54) is 35.0 Å². The third-order valence-corrected chi connectivity index (χ3v) is 4.52. The van der Waals surface area contributed by atoms with Gasteiger partial charge in [-0.1, -0.05) is 6.07 Å². The van der Waals surface area contributed by atoms with Gasteiger partial charge in [0.1, 0.15) is 28.7 Å². The van der Waals surface area contributed by atoms with Crippen LogP contribution in [0.25, 0.3) is 22.2 Å². The number of rotatable bonds is 4. The lowest BCUT2D eigenvalue weighted by Crippen LogP contribution is -2.14. The Balaban J connectivity index is 2.07. The average Bonchev–Trinajstić information content (AvgIpc) is 2.98. The summed E-state index contributed by atoms with van der Waals surface area (Å²) in [5.74, 6) is -3.21. The van der Waals surface area contributed by atoms with E-state index < -0.39 is 23.2 Å². The molecule has 0 saturated heterocycles. The van der Waals surface area contributed by atoms with Gasteiger partial charge in [0.05, 0.1) is 18.3 Å². The van der Waals surface area contributed by atoms with Crippen LogP contribution in [-0.4, -0.2) is 30.7 Å². The van der Waals surface area contributed by atoms with E-state index in [0.29, 0.717) is 6.07 Å². The summed E-state index contributed by atoms with van der Waals surface area (Å²) >= 11 is 0. The minimum absolute atomic E-state index is 0.0363. The molecule has 146 valence electrons. The number of nitrogens with one attached hydrogen (secondary N) is 1. The van der Waals surface area contributed by atoms with Gasteiger partial charge in [0.15, 0.2) is 0 Å². The molecule has 3 aromatic heterocycles. The molecular formula is C20H13F2N3O4. The number of carboxylic acid groups (broad SMARTS) is 1. The fourth-order valence-corrected chi connectivity index (χ4v) is 3.30. The lowest BCUT2D eigenvalue weighted by molar-refractivity contribution is 0.0687. The van der Waals surface area contributed by atoms with Gasteiger partial charge < -0.3 is 19.8 Å². The topological polar surface area (TPSA) is 108 Å². The fourth-order valence-electron chi connectivity index (χ4n) is 3.30. The predicted octanol–water partition coefficient (Wildman–Crippen LogP) is 3.12. The highest BCUT2D eigenvalue weighted by atomic mass is 19.1. The highest BCUT2D eigenvalue weighted by molar-refractivity contribution is 6.07. The maximum absolute atomic E-state index is 14.2. The molecule has 0 atom stereocenters. The van der Waals surface area contributed by atoms with Crippen LogP contribution >= 0.6 is 0 Å². The monoisotopic (exact) mass is 397 g/mol.